The van der Waals surface area contributed by atoms with Crippen molar-refractivity contribution in [3.63, 3.8) is 0 Å². The fourth-order valence-corrected chi connectivity index (χ4v) is 3.57. The summed E-state index contributed by atoms with van der Waals surface area (Å²) in [7, 11) is 1.77. The number of anilines is 1. The minimum Gasteiger partial charge on any atom is -0.339 e. The van der Waals surface area contributed by atoms with Gasteiger partial charge in [0.15, 0.2) is 0 Å². The highest BCUT2D eigenvalue weighted by Gasteiger charge is 2.24. The maximum Gasteiger partial charge on any atom is 0.255 e. The van der Waals surface area contributed by atoms with E-state index >= 15 is 0 Å². The average Bonchev–Trinajstić information content (AvgIpc) is 2.76. The highest BCUT2D eigenvalue weighted by atomic mass is 16.1. The summed E-state index contributed by atoms with van der Waals surface area (Å²) >= 11 is 0. The lowest BCUT2D eigenvalue weighted by molar-refractivity contribution is 0.462. The molecule has 1 aliphatic rings. The van der Waals surface area contributed by atoms with E-state index in [1.54, 1.807) is 30.1 Å². The molecule has 7 heteroatoms. The SMILES string of the molecule is Cn1c(N2CCNC(c3cccc(CN)c3)C2)nc(-c2ccncc2)cc1=O. The van der Waals surface area contributed by atoms with Gasteiger partial charge in [-0.2, -0.15) is 0 Å². The second kappa shape index (κ2) is 7.92. The van der Waals surface area contributed by atoms with E-state index in [2.05, 4.69) is 27.3 Å². The molecule has 7 nitrogen and oxygen atoms in total. The largest absolute Gasteiger partial charge is 0.339 e. The van der Waals surface area contributed by atoms with Crippen LogP contribution >= 0.6 is 0 Å². The van der Waals surface area contributed by atoms with E-state index in [4.69, 9.17) is 10.7 Å². The summed E-state index contributed by atoms with van der Waals surface area (Å²) in [6.45, 7) is 2.85. The molecule has 3 N–H and O–H groups in total. The molecular weight excluding hydrogens is 352 g/mol. The first-order chi connectivity index (χ1) is 13.7. The summed E-state index contributed by atoms with van der Waals surface area (Å²) < 4.78 is 1.61. The van der Waals surface area contributed by atoms with Crippen LogP contribution in [-0.2, 0) is 13.6 Å². The van der Waals surface area contributed by atoms with Crippen LogP contribution in [0.3, 0.4) is 0 Å². The van der Waals surface area contributed by atoms with Crippen LogP contribution in [0.2, 0.25) is 0 Å². The van der Waals surface area contributed by atoms with Gasteiger partial charge in [0.05, 0.1) is 5.69 Å². The molecule has 1 atom stereocenters. The number of pyridine rings is 1. The van der Waals surface area contributed by atoms with Gasteiger partial charge in [0.1, 0.15) is 0 Å². The fraction of sp³-hybridized carbons (Fsp3) is 0.286. The van der Waals surface area contributed by atoms with E-state index in [0.717, 1.165) is 30.8 Å². The Morgan fingerprint density at radius 1 is 1.21 bits per heavy atom. The van der Waals surface area contributed by atoms with Gasteiger partial charge in [0, 0.05) is 63.3 Å². The Bertz CT molecular complexity index is 1020. The first kappa shape index (κ1) is 18.3. The number of benzene rings is 1. The molecule has 2 aromatic heterocycles. The minimum absolute atomic E-state index is 0.0722. The molecule has 0 spiro atoms. The molecule has 144 valence electrons. The standard InChI is InChI=1S/C21H24N6O/c1-26-20(28)12-18(16-5-7-23-8-6-16)25-21(26)27-10-9-24-19(14-27)17-4-2-3-15(11-17)13-22/h2-8,11-12,19,24H,9-10,13-14,22H2,1H3. The third kappa shape index (κ3) is 3.67. The molecule has 0 bridgehead atoms. The molecular formula is C21H24N6O. The zero-order valence-corrected chi connectivity index (χ0v) is 15.9. The minimum atomic E-state index is -0.0722. The van der Waals surface area contributed by atoms with Gasteiger partial charge in [-0.15, -0.1) is 0 Å². The Balaban J connectivity index is 1.66. The quantitative estimate of drug-likeness (QED) is 0.717. The van der Waals surface area contributed by atoms with Crippen LogP contribution < -0.4 is 21.5 Å². The molecule has 1 unspecified atom stereocenters. The topological polar surface area (TPSA) is 89.1 Å². The molecule has 1 fully saturated rings. The molecule has 3 heterocycles. The lowest BCUT2D eigenvalue weighted by Crippen LogP contribution is -2.47. The Kier molecular flexibility index (Phi) is 5.18. The van der Waals surface area contributed by atoms with Crippen LogP contribution in [0.25, 0.3) is 11.3 Å². The zero-order chi connectivity index (χ0) is 19.5. The van der Waals surface area contributed by atoms with Crippen LogP contribution in [-0.4, -0.2) is 34.2 Å². The zero-order valence-electron chi connectivity index (χ0n) is 15.9. The van der Waals surface area contributed by atoms with E-state index in [-0.39, 0.29) is 11.6 Å². The second-order valence-corrected chi connectivity index (χ2v) is 6.98. The van der Waals surface area contributed by atoms with Crippen molar-refractivity contribution < 1.29 is 0 Å². The molecule has 1 aliphatic heterocycles. The molecule has 28 heavy (non-hydrogen) atoms. The smallest absolute Gasteiger partial charge is 0.255 e. The van der Waals surface area contributed by atoms with E-state index < -0.39 is 0 Å². The third-order valence-corrected chi connectivity index (χ3v) is 5.13. The number of rotatable bonds is 4. The number of hydrogen-bond donors (Lipinski definition) is 2. The third-order valence-electron chi connectivity index (χ3n) is 5.13. The van der Waals surface area contributed by atoms with Crippen molar-refractivity contribution in [1.29, 1.82) is 0 Å². The summed E-state index contributed by atoms with van der Waals surface area (Å²) in [5.74, 6) is 0.681. The Hall–Kier alpha value is -3.03. The van der Waals surface area contributed by atoms with Gasteiger partial charge in [-0.1, -0.05) is 24.3 Å². The van der Waals surface area contributed by atoms with Gasteiger partial charge in [0.25, 0.3) is 5.56 Å². The van der Waals surface area contributed by atoms with Crippen LogP contribution in [0.5, 0.6) is 0 Å². The average molecular weight is 376 g/mol. The van der Waals surface area contributed by atoms with E-state index in [1.807, 2.05) is 24.3 Å². The van der Waals surface area contributed by atoms with Gasteiger partial charge in [-0.25, -0.2) is 4.98 Å². The fourth-order valence-electron chi connectivity index (χ4n) is 3.57. The van der Waals surface area contributed by atoms with Crippen molar-refractivity contribution in [3.8, 4) is 11.3 Å². The summed E-state index contributed by atoms with van der Waals surface area (Å²) in [4.78, 5) is 23.6. The first-order valence-corrected chi connectivity index (χ1v) is 9.41. The number of hydrogen-bond acceptors (Lipinski definition) is 6. The summed E-state index contributed by atoms with van der Waals surface area (Å²) in [5, 5.41) is 3.56. The number of nitrogens with two attached hydrogens (primary N) is 1. The number of nitrogens with zero attached hydrogens (tertiary/aromatic N) is 4. The van der Waals surface area contributed by atoms with E-state index in [9.17, 15) is 4.79 Å². The van der Waals surface area contributed by atoms with Gasteiger partial charge >= 0.3 is 0 Å². The maximum atomic E-state index is 12.6. The van der Waals surface area contributed by atoms with Gasteiger partial charge in [-0.05, 0) is 23.3 Å². The Morgan fingerprint density at radius 3 is 2.82 bits per heavy atom. The van der Waals surface area contributed by atoms with Crippen LogP contribution in [0.1, 0.15) is 17.2 Å². The van der Waals surface area contributed by atoms with Crippen molar-refractivity contribution in [3.05, 3.63) is 76.3 Å². The number of nitrogens with one attached hydrogen (secondary N) is 1. The van der Waals surface area contributed by atoms with Crippen molar-refractivity contribution in [2.45, 2.75) is 12.6 Å². The molecule has 4 rings (SSSR count). The normalized spacial score (nSPS) is 16.9. The molecule has 0 aliphatic carbocycles. The summed E-state index contributed by atoms with van der Waals surface area (Å²) in [6.07, 6.45) is 3.42. The predicted octanol–water partition coefficient (Wildman–Crippen LogP) is 1.45. The van der Waals surface area contributed by atoms with Crippen LogP contribution in [0.4, 0.5) is 5.95 Å². The second-order valence-electron chi connectivity index (χ2n) is 6.98. The number of aromatic nitrogens is 3. The van der Waals surface area contributed by atoms with E-state index in [0.29, 0.717) is 18.2 Å². The highest BCUT2D eigenvalue weighted by Crippen LogP contribution is 2.23. The summed E-state index contributed by atoms with van der Waals surface area (Å²) in [5.41, 5.74) is 9.58. The first-order valence-electron chi connectivity index (χ1n) is 9.41. The molecule has 1 saturated heterocycles. The molecule has 3 aromatic rings. The molecule has 1 aromatic carbocycles. The van der Waals surface area contributed by atoms with Gasteiger partial charge in [0.2, 0.25) is 5.95 Å². The van der Waals surface area contributed by atoms with Gasteiger partial charge in [-0.3, -0.25) is 14.3 Å². The van der Waals surface area contributed by atoms with Crippen LogP contribution in [0, 0.1) is 0 Å². The Labute approximate surface area is 163 Å². The van der Waals surface area contributed by atoms with Crippen molar-refractivity contribution in [2.24, 2.45) is 12.8 Å². The van der Waals surface area contributed by atoms with E-state index in [1.165, 1.54) is 5.56 Å². The Morgan fingerprint density at radius 2 is 2.04 bits per heavy atom. The molecule has 0 saturated carbocycles. The number of piperazine rings is 1. The monoisotopic (exact) mass is 376 g/mol. The molecule has 0 radical (unpaired) electrons. The van der Waals surface area contributed by atoms with Crippen molar-refractivity contribution in [2.75, 3.05) is 24.5 Å². The van der Waals surface area contributed by atoms with Gasteiger partial charge < -0.3 is 16.0 Å². The van der Waals surface area contributed by atoms with Crippen molar-refractivity contribution >= 4 is 5.95 Å². The van der Waals surface area contributed by atoms with Crippen molar-refractivity contribution in [1.82, 2.24) is 19.9 Å². The lowest BCUT2D eigenvalue weighted by atomic mass is 10.0. The molecule has 0 amide bonds. The maximum absolute atomic E-state index is 12.6. The summed E-state index contributed by atoms with van der Waals surface area (Å²) in [6, 6.07) is 13.8. The predicted molar refractivity (Wildman–Crippen MR) is 110 cm³/mol. The lowest BCUT2D eigenvalue weighted by Gasteiger charge is -2.35. The van der Waals surface area contributed by atoms with Crippen LogP contribution in [0.15, 0.2) is 59.7 Å². The highest BCUT2D eigenvalue weighted by molar-refractivity contribution is 5.59.